The van der Waals surface area contributed by atoms with Gasteiger partial charge in [0.05, 0.1) is 0 Å². The largest absolute Gasteiger partial charge is 0.372 e. The van der Waals surface area contributed by atoms with Gasteiger partial charge in [-0.05, 0) is 43.5 Å². The van der Waals surface area contributed by atoms with Gasteiger partial charge in [-0.15, -0.1) is 0 Å². The molecule has 0 radical (unpaired) electrons. The molecule has 5 heteroatoms. The van der Waals surface area contributed by atoms with Crippen molar-refractivity contribution in [3.8, 4) is 0 Å². The van der Waals surface area contributed by atoms with Crippen molar-refractivity contribution in [1.29, 1.82) is 0 Å². The van der Waals surface area contributed by atoms with Gasteiger partial charge in [-0.1, -0.05) is 11.6 Å². The van der Waals surface area contributed by atoms with Gasteiger partial charge in [0.25, 0.3) is 0 Å². The minimum absolute atomic E-state index is 0.437. The maximum atomic E-state index is 5.84. The molecule has 20 heavy (non-hydrogen) atoms. The van der Waals surface area contributed by atoms with Crippen molar-refractivity contribution >= 4 is 28.8 Å². The lowest BCUT2D eigenvalue weighted by Crippen LogP contribution is -2.29. The minimum atomic E-state index is 0.437. The van der Waals surface area contributed by atoms with Crippen molar-refractivity contribution in [2.45, 2.75) is 19.3 Å². The van der Waals surface area contributed by atoms with Gasteiger partial charge < -0.3 is 10.2 Å². The molecule has 1 aromatic heterocycles. The van der Waals surface area contributed by atoms with Gasteiger partial charge in [0.2, 0.25) is 0 Å². The van der Waals surface area contributed by atoms with Gasteiger partial charge in [0.1, 0.15) is 17.3 Å². The number of benzene rings is 1. The van der Waals surface area contributed by atoms with Gasteiger partial charge >= 0.3 is 0 Å². The van der Waals surface area contributed by atoms with Crippen LogP contribution < -0.4 is 10.2 Å². The Morgan fingerprint density at radius 3 is 2.45 bits per heavy atom. The molecule has 1 saturated heterocycles. The fourth-order valence-electron chi connectivity index (χ4n) is 2.46. The Kier molecular flexibility index (Phi) is 4.02. The smallest absolute Gasteiger partial charge is 0.135 e. The molecule has 2 aromatic rings. The molecule has 0 unspecified atom stereocenters. The number of hydrogen-bond acceptors (Lipinski definition) is 4. The van der Waals surface area contributed by atoms with Gasteiger partial charge in [-0.25, -0.2) is 9.97 Å². The predicted octanol–water partition coefficient (Wildman–Crippen LogP) is 3.86. The van der Waals surface area contributed by atoms with Crippen LogP contribution in [0.15, 0.2) is 36.7 Å². The first kappa shape index (κ1) is 13.2. The minimum Gasteiger partial charge on any atom is -0.372 e. The third kappa shape index (κ3) is 3.20. The Bertz CT molecular complexity index is 564. The first-order valence-electron chi connectivity index (χ1n) is 6.91. The summed E-state index contributed by atoms with van der Waals surface area (Å²) in [6, 6.07) is 10.1. The van der Waals surface area contributed by atoms with Crippen LogP contribution in [-0.4, -0.2) is 23.1 Å². The predicted molar refractivity (Wildman–Crippen MR) is 82.8 cm³/mol. The number of nitrogens with zero attached hydrogens (tertiary/aromatic N) is 3. The van der Waals surface area contributed by atoms with Crippen LogP contribution in [0.1, 0.15) is 19.3 Å². The van der Waals surface area contributed by atoms with Crippen molar-refractivity contribution < 1.29 is 0 Å². The van der Waals surface area contributed by atoms with Crippen LogP contribution in [0.25, 0.3) is 0 Å². The van der Waals surface area contributed by atoms with Gasteiger partial charge in [0.15, 0.2) is 0 Å². The van der Waals surface area contributed by atoms with Crippen molar-refractivity contribution in [3.63, 3.8) is 0 Å². The van der Waals surface area contributed by atoms with E-state index in [1.54, 1.807) is 6.07 Å². The molecule has 4 nitrogen and oxygen atoms in total. The number of nitrogens with one attached hydrogen (secondary N) is 1. The first-order chi connectivity index (χ1) is 9.81. The standard InChI is InChI=1S/C15H17ClN4/c16-14-10-15(18-11-17-14)19-12-4-6-13(7-5-12)20-8-2-1-3-9-20/h4-7,10-11H,1-3,8-9H2,(H,17,18,19). The second kappa shape index (κ2) is 6.09. The number of anilines is 3. The summed E-state index contributed by atoms with van der Waals surface area (Å²) in [4.78, 5) is 10.4. The maximum absolute atomic E-state index is 5.84. The molecule has 0 spiro atoms. The highest BCUT2D eigenvalue weighted by Gasteiger charge is 2.10. The highest BCUT2D eigenvalue weighted by atomic mass is 35.5. The van der Waals surface area contributed by atoms with E-state index < -0.39 is 0 Å². The van der Waals surface area contributed by atoms with E-state index in [2.05, 4.69) is 44.5 Å². The summed E-state index contributed by atoms with van der Waals surface area (Å²) in [5.41, 5.74) is 2.29. The van der Waals surface area contributed by atoms with Crippen molar-refractivity contribution in [2.24, 2.45) is 0 Å². The Balaban J connectivity index is 1.69. The van der Waals surface area contributed by atoms with Crippen LogP contribution >= 0.6 is 11.6 Å². The summed E-state index contributed by atoms with van der Waals surface area (Å²) in [5.74, 6) is 0.704. The van der Waals surface area contributed by atoms with Crippen LogP contribution in [0, 0.1) is 0 Å². The SMILES string of the molecule is Clc1cc(Nc2ccc(N3CCCCC3)cc2)ncn1. The Morgan fingerprint density at radius 2 is 1.75 bits per heavy atom. The van der Waals surface area contributed by atoms with E-state index >= 15 is 0 Å². The summed E-state index contributed by atoms with van der Waals surface area (Å²) in [5, 5.41) is 3.66. The molecule has 1 N–H and O–H groups in total. The highest BCUT2D eigenvalue weighted by Crippen LogP contribution is 2.23. The van der Waals surface area contributed by atoms with Crippen LogP contribution in [-0.2, 0) is 0 Å². The van der Waals surface area contributed by atoms with E-state index in [1.807, 2.05) is 0 Å². The lowest BCUT2D eigenvalue weighted by atomic mass is 10.1. The molecule has 0 bridgehead atoms. The summed E-state index contributed by atoms with van der Waals surface area (Å²) >= 11 is 5.84. The molecule has 0 atom stereocenters. The van der Waals surface area contributed by atoms with E-state index in [-0.39, 0.29) is 0 Å². The highest BCUT2D eigenvalue weighted by molar-refractivity contribution is 6.29. The lowest BCUT2D eigenvalue weighted by Gasteiger charge is -2.28. The van der Waals surface area contributed by atoms with Crippen molar-refractivity contribution in [2.75, 3.05) is 23.3 Å². The van der Waals surface area contributed by atoms with E-state index in [1.165, 1.54) is 31.3 Å². The van der Waals surface area contributed by atoms with E-state index in [9.17, 15) is 0 Å². The number of halogens is 1. The maximum Gasteiger partial charge on any atom is 0.135 e. The molecule has 2 heterocycles. The zero-order valence-corrected chi connectivity index (χ0v) is 12.0. The first-order valence-corrected chi connectivity index (χ1v) is 7.29. The zero-order valence-electron chi connectivity index (χ0n) is 11.2. The second-order valence-corrected chi connectivity index (χ2v) is 5.33. The molecule has 104 valence electrons. The monoisotopic (exact) mass is 288 g/mol. The van der Waals surface area contributed by atoms with Crippen molar-refractivity contribution in [1.82, 2.24) is 9.97 Å². The summed E-state index contributed by atoms with van der Waals surface area (Å²) in [6.45, 7) is 2.32. The normalized spacial score (nSPS) is 15.2. The molecule has 0 saturated carbocycles. The van der Waals surface area contributed by atoms with Crippen LogP contribution in [0.5, 0.6) is 0 Å². The number of hydrogen-bond donors (Lipinski definition) is 1. The zero-order chi connectivity index (χ0) is 13.8. The topological polar surface area (TPSA) is 41.0 Å². The molecule has 1 aliphatic heterocycles. The Labute approximate surface area is 123 Å². The van der Waals surface area contributed by atoms with E-state index in [0.717, 1.165) is 18.8 Å². The molecule has 0 aliphatic carbocycles. The average molecular weight is 289 g/mol. The summed E-state index contributed by atoms with van der Waals surface area (Å²) in [7, 11) is 0. The number of piperidine rings is 1. The van der Waals surface area contributed by atoms with Crippen molar-refractivity contribution in [3.05, 3.63) is 41.8 Å². The summed E-state index contributed by atoms with van der Waals surface area (Å²) in [6.07, 6.45) is 5.39. The van der Waals surface area contributed by atoms with Gasteiger partial charge in [-0.3, -0.25) is 0 Å². The molecule has 1 aliphatic rings. The third-order valence-electron chi connectivity index (χ3n) is 3.49. The van der Waals surface area contributed by atoms with E-state index in [0.29, 0.717) is 11.0 Å². The lowest BCUT2D eigenvalue weighted by molar-refractivity contribution is 0.578. The molecule has 1 aromatic carbocycles. The fourth-order valence-corrected chi connectivity index (χ4v) is 2.60. The van der Waals surface area contributed by atoms with Crippen LogP contribution in [0.4, 0.5) is 17.2 Å². The Hall–Kier alpha value is -1.81. The Morgan fingerprint density at radius 1 is 1.00 bits per heavy atom. The average Bonchev–Trinajstić information content (AvgIpc) is 2.49. The quantitative estimate of drug-likeness (QED) is 0.871. The fraction of sp³-hybridized carbons (Fsp3) is 0.333. The van der Waals surface area contributed by atoms with Crippen LogP contribution in [0.2, 0.25) is 5.15 Å². The van der Waals surface area contributed by atoms with Crippen LogP contribution in [0.3, 0.4) is 0 Å². The van der Waals surface area contributed by atoms with E-state index in [4.69, 9.17) is 11.6 Å². The molecule has 1 fully saturated rings. The third-order valence-corrected chi connectivity index (χ3v) is 3.70. The molecule has 0 amide bonds. The molecular weight excluding hydrogens is 272 g/mol. The molecular formula is C15H17ClN4. The number of rotatable bonds is 3. The number of aromatic nitrogens is 2. The summed E-state index contributed by atoms with van der Waals surface area (Å²) < 4.78 is 0. The van der Waals surface area contributed by atoms with Gasteiger partial charge in [-0.2, -0.15) is 0 Å². The molecule has 3 rings (SSSR count). The second-order valence-electron chi connectivity index (χ2n) is 4.95. The van der Waals surface area contributed by atoms with Gasteiger partial charge in [0, 0.05) is 30.5 Å².